The van der Waals surface area contributed by atoms with Crippen LogP contribution < -0.4 is 19.5 Å². The van der Waals surface area contributed by atoms with Gasteiger partial charge in [-0.2, -0.15) is 0 Å². The maximum atomic E-state index is 12.8. The molecule has 1 amide bonds. The molecule has 0 saturated carbocycles. The maximum Gasteiger partial charge on any atom is 0.340 e. The predicted octanol–water partition coefficient (Wildman–Crippen LogP) is 4.33. The first-order valence-corrected chi connectivity index (χ1v) is 9.64. The van der Waals surface area contributed by atoms with Gasteiger partial charge >= 0.3 is 5.97 Å². The van der Waals surface area contributed by atoms with Gasteiger partial charge in [0.25, 0.3) is 5.91 Å². The van der Waals surface area contributed by atoms with Gasteiger partial charge in [0.1, 0.15) is 5.75 Å². The number of nitrogens with one attached hydrogen (secondary N) is 1. The van der Waals surface area contributed by atoms with E-state index in [2.05, 4.69) is 19.2 Å². The van der Waals surface area contributed by atoms with E-state index in [1.165, 1.54) is 33.5 Å². The normalized spacial score (nSPS) is 11.6. The Bertz CT molecular complexity index is 922. The minimum Gasteiger partial charge on any atom is -0.493 e. The largest absolute Gasteiger partial charge is 0.493 e. The molecule has 7 nitrogen and oxygen atoms in total. The van der Waals surface area contributed by atoms with Gasteiger partial charge < -0.3 is 24.3 Å². The first-order chi connectivity index (χ1) is 14.2. The van der Waals surface area contributed by atoms with Crippen LogP contribution in [-0.2, 0) is 9.53 Å². The number of hydrogen-bond acceptors (Lipinski definition) is 6. The van der Waals surface area contributed by atoms with E-state index in [9.17, 15) is 9.59 Å². The fourth-order valence-corrected chi connectivity index (χ4v) is 2.96. The van der Waals surface area contributed by atoms with Gasteiger partial charge in [-0.15, -0.1) is 0 Å². The highest BCUT2D eigenvalue weighted by Gasteiger charge is 2.23. The molecule has 0 heterocycles. The fourth-order valence-electron chi connectivity index (χ4n) is 2.96. The first kappa shape index (κ1) is 23.1. The molecule has 30 heavy (non-hydrogen) atoms. The third-order valence-electron chi connectivity index (χ3n) is 4.65. The zero-order valence-corrected chi connectivity index (χ0v) is 18.5. The van der Waals surface area contributed by atoms with Gasteiger partial charge in [-0.25, -0.2) is 4.79 Å². The summed E-state index contributed by atoms with van der Waals surface area (Å²) < 4.78 is 21.3. The number of anilines is 1. The van der Waals surface area contributed by atoms with E-state index in [0.717, 1.165) is 11.1 Å². The minimum atomic E-state index is -0.803. The van der Waals surface area contributed by atoms with Crippen LogP contribution in [0.1, 0.15) is 48.2 Å². The molecule has 1 atom stereocenters. The third-order valence-corrected chi connectivity index (χ3v) is 4.65. The summed E-state index contributed by atoms with van der Waals surface area (Å²) in [4.78, 5) is 25.0. The standard InChI is InChI=1S/C23H29NO6/c1-13(2)16-9-8-14(3)10-19(16)30-15(4)22(25)24-18-12-21(28-6)20(27-5)11-17(18)23(26)29-7/h8-13,15H,1-7H3,(H,24,25)/t15-/m1/s1. The molecule has 1 N–H and O–H groups in total. The second-order valence-corrected chi connectivity index (χ2v) is 7.19. The summed E-state index contributed by atoms with van der Waals surface area (Å²) in [6.07, 6.45) is -0.803. The van der Waals surface area contributed by atoms with Crippen LogP contribution in [0.4, 0.5) is 5.69 Å². The monoisotopic (exact) mass is 415 g/mol. The van der Waals surface area contributed by atoms with Crippen LogP contribution in [0.25, 0.3) is 0 Å². The summed E-state index contributed by atoms with van der Waals surface area (Å²) in [5.74, 6) is 0.598. The molecular weight excluding hydrogens is 386 g/mol. The third kappa shape index (κ3) is 5.23. The Morgan fingerprint density at radius 2 is 1.53 bits per heavy atom. The SMILES string of the molecule is COC(=O)c1cc(OC)c(OC)cc1NC(=O)[C@@H](C)Oc1cc(C)ccc1C(C)C. The van der Waals surface area contributed by atoms with E-state index in [1.807, 2.05) is 25.1 Å². The number of ether oxygens (including phenoxy) is 4. The van der Waals surface area contributed by atoms with E-state index in [4.69, 9.17) is 18.9 Å². The second kappa shape index (κ2) is 10.0. The van der Waals surface area contributed by atoms with Crippen molar-refractivity contribution in [3.8, 4) is 17.2 Å². The van der Waals surface area contributed by atoms with Crippen molar-refractivity contribution in [3.05, 3.63) is 47.0 Å². The van der Waals surface area contributed by atoms with Crippen LogP contribution in [0.15, 0.2) is 30.3 Å². The smallest absolute Gasteiger partial charge is 0.340 e. The maximum absolute atomic E-state index is 12.8. The highest BCUT2D eigenvalue weighted by molar-refractivity contribution is 6.03. The van der Waals surface area contributed by atoms with Crippen LogP contribution in [0.3, 0.4) is 0 Å². The summed E-state index contributed by atoms with van der Waals surface area (Å²) in [6, 6.07) is 8.91. The molecule has 2 aromatic rings. The Kier molecular flexibility index (Phi) is 7.69. The molecule has 162 valence electrons. The van der Waals surface area contributed by atoms with Gasteiger partial charge in [0.2, 0.25) is 0 Å². The van der Waals surface area contributed by atoms with E-state index >= 15 is 0 Å². The van der Waals surface area contributed by atoms with Crippen LogP contribution in [-0.4, -0.2) is 39.3 Å². The number of carbonyl (C=O) groups excluding carboxylic acids is 2. The van der Waals surface area contributed by atoms with Crippen LogP contribution in [0.5, 0.6) is 17.2 Å². The van der Waals surface area contributed by atoms with Gasteiger partial charge in [0.15, 0.2) is 17.6 Å². The minimum absolute atomic E-state index is 0.147. The van der Waals surface area contributed by atoms with E-state index in [1.54, 1.807) is 6.92 Å². The van der Waals surface area contributed by atoms with Crippen molar-refractivity contribution in [1.29, 1.82) is 0 Å². The first-order valence-electron chi connectivity index (χ1n) is 9.64. The number of esters is 1. The second-order valence-electron chi connectivity index (χ2n) is 7.19. The van der Waals surface area contributed by atoms with E-state index in [0.29, 0.717) is 17.2 Å². The van der Waals surface area contributed by atoms with Crippen molar-refractivity contribution < 1.29 is 28.5 Å². The van der Waals surface area contributed by atoms with Gasteiger partial charge in [-0.1, -0.05) is 26.0 Å². The molecule has 0 aliphatic rings. The van der Waals surface area contributed by atoms with Gasteiger partial charge in [0.05, 0.1) is 32.6 Å². The molecule has 7 heteroatoms. The summed E-state index contributed by atoms with van der Waals surface area (Å²) in [6.45, 7) is 7.75. The van der Waals surface area contributed by atoms with Crippen molar-refractivity contribution in [2.75, 3.05) is 26.6 Å². The number of hydrogen-bond donors (Lipinski definition) is 1. The molecule has 2 rings (SSSR count). The number of amides is 1. The van der Waals surface area contributed by atoms with E-state index < -0.39 is 18.0 Å². The Balaban J connectivity index is 2.31. The average molecular weight is 415 g/mol. The Morgan fingerprint density at radius 1 is 0.900 bits per heavy atom. The lowest BCUT2D eigenvalue weighted by Crippen LogP contribution is -2.31. The highest BCUT2D eigenvalue weighted by Crippen LogP contribution is 2.34. The lowest BCUT2D eigenvalue weighted by Gasteiger charge is -2.20. The quantitative estimate of drug-likeness (QED) is 0.646. The topological polar surface area (TPSA) is 83.1 Å². The van der Waals surface area contributed by atoms with Gasteiger partial charge in [0, 0.05) is 12.1 Å². The van der Waals surface area contributed by atoms with Crippen molar-refractivity contribution >= 4 is 17.6 Å². The summed E-state index contributed by atoms with van der Waals surface area (Å²) in [5.41, 5.74) is 2.44. The zero-order chi connectivity index (χ0) is 22.4. The Morgan fingerprint density at radius 3 is 2.10 bits per heavy atom. The summed E-state index contributed by atoms with van der Waals surface area (Å²) in [7, 11) is 4.20. The Labute approximate surface area is 177 Å². The lowest BCUT2D eigenvalue weighted by molar-refractivity contribution is -0.122. The Hall–Kier alpha value is -3.22. The number of benzene rings is 2. The molecule has 0 fully saturated rings. The molecule has 2 aromatic carbocycles. The van der Waals surface area contributed by atoms with Crippen molar-refractivity contribution in [3.63, 3.8) is 0 Å². The highest BCUT2D eigenvalue weighted by atomic mass is 16.5. The zero-order valence-electron chi connectivity index (χ0n) is 18.5. The lowest BCUT2D eigenvalue weighted by atomic mass is 10.0. The molecule has 0 spiro atoms. The van der Waals surface area contributed by atoms with Crippen LogP contribution in [0.2, 0.25) is 0 Å². The molecular formula is C23H29NO6. The molecule has 0 saturated heterocycles. The number of aryl methyl sites for hydroxylation is 1. The number of methoxy groups -OCH3 is 3. The van der Waals surface area contributed by atoms with Gasteiger partial charge in [-0.05, 0) is 37.0 Å². The van der Waals surface area contributed by atoms with Crippen molar-refractivity contribution in [2.24, 2.45) is 0 Å². The molecule has 0 aliphatic heterocycles. The van der Waals surface area contributed by atoms with Crippen LogP contribution >= 0.6 is 0 Å². The number of rotatable bonds is 8. The van der Waals surface area contributed by atoms with Gasteiger partial charge in [-0.3, -0.25) is 4.79 Å². The number of carbonyl (C=O) groups is 2. The molecule has 0 bridgehead atoms. The van der Waals surface area contributed by atoms with Crippen LogP contribution in [0, 0.1) is 6.92 Å². The van der Waals surface area contributed by atoms with Crippen molar-refractivity contribution in [2.45, 2.75) is 39.7 Å². The van der Waals surface area contributed by atoms with Crippen molar-refractivity contribution in [1.82, 2.24) is 0 Å². The summed E-state index contributed by atoms with van der Waals surface area (Å²) >= 11 is 0. The fraction of sp³-hybridized carbons (Fsp3) is 0.391. The molecule has 0 aliphatic carbocycles. The predicted molar refractivity (Wildman–Crippen MR) is 115 cm³/mol. The molecule has 0 radical (unpaired) electrons. The molecule has 0 aromatic heterocycles. The average Bonchev–Trinajstić information content (AvgIpc) is 2.72. The summed E-state index contributed by atoms with van der Waals surface area (Å²) in [5, 5.41) is 2.73. The molecule has 0 unspecified atom stereocenters. The van der Waals surface area contributed by atoms with E-state index in [-0.39, 0.29) is 17.2 Å².